The van der Waals surface area contributed by atoms with Crippen LogP contribution in [0.4, 0.5) is 4.79 Å². The van der Waals surface area contributed by atoms with E-state index in [2.05, 4.69) is 29.5 Å². The number of hydrogen-bond donors (Lipinski definition) is 1. The molecule has 1 saturated heterocycles. The van der Waals surface area contributed by atoms with Gasteiger partial charge in [-0.05, 0) is 37.8 Å². The highest BCUT2D eigenvalue weighted by atomic mass is 16.2. The summed E-state index contributed by atoms with van der Waals surface area (Å²) in [6.07, 6.45) is 4.74. The number of nitrogens with one attached hydrogen (secondary N) is 1. The number of rotatable bonds is 5. The average Bonchev–Trinajstić information content (AvgIpc) is 3.24. The molecule has 23 heavy (non-hydrogen) atoms. The molecule has 0 spiro atoms. The van der Waals surface area contributed by atoms with Gasteiger partial charge in [-0.15, -0.1) is 0 Å². The van der Waals surface area contributed by atoms with Crippen LogP contribution in [0.25, 0.3) is 0 Å². The van der Waals surface area contributed by atoms with Crippen molar-refractivity contribution in [3.8, 4) is 0 Å². The van der Waals surface area contributed by atoms with Crippen molar-refractivity contribution >= 4 is 6.03 Å². The molecule has 5 heteroatoms. The van der Waals surface area contributed by atoms with Gasteiger partial charge in [0, 0.05) is 25.8 Å². The van der Waals surface area contributed by atoms with Crippen LogP contribution >= 0.6 is 0 Å². The Balaban J connectivity index is 1.58. The minimum Gasteiger partial charge on any atom is -0.338 e. The van der Waals surface area contributed by atoms with Crippen LogP contribution in [0.1, 0.15) is 37.1 Å². The van der Waals surface area contributed by atoms with Crippen molar-refractivity contribution in [2.75, 3.05) is 13.1 Å². The van der Waals surface area contributed by atoms with Crippen molar-refractivity contribution in [3.05, 3.63) is 53.9 Å². The number of carbonyl (C=O) groups excluding carboxylic acids is 1. The second-order valence-corrected chi connectivity index (χ2v) is 5.89. The number of aryl methyl sites for hydroxylation is 1. The Morgan fingerprint density at radius 2 is 2.13 bits per heavy atom. The van der Waals surface area contributed by atoms with Crippen LogP contribution in [0.3, 0.4) is 0 Å². The number of carbonyl (C=O) groups is 1. The van der Waals surface area contributed by atoms with Gasteiger partial charge in [0.05, 0.1) is 11.7 Å². The SMILES string of the molecule is CCn1nccc1[C@H]1CCCN1C(=O)NCCc1ccccc1. The maximum absolute atomic E-state index is 12.5. The topological polar surface area (TPSA) is 50.2 Å². The lowest BCUT2D eigenvalue weighted by molar-refractivity contribution is 0.191. The molecule has 0 aliphatic carbocycles. The van der Waals surface area contributed by atoms with Crippen molar-refractivity contribution in [1.82, 2.24) is 20.0 Å². The first kappa shape index (κ1) is 15.6. The van der Waals surface area contributed by atoms with E-state index in [0.29, 0.717) is 6.54 Å². The first-order valence-electron chi connectivity index (χ1n) is 8.39. The highest BCUT2D eigenvalue weighted by Gasteiger charge is 2.31. The molecule has 1 aromatic heterocycles. The van der Waals surface area contributed by atoms with Crippen LogP contribution < -0.4 is 5.32 Å². The van der Waals surface area contributed by atoms with Crippen LogP contribution in [0.15, 0.2) is 42.6 Å². The van der Waals surface area contributed by atoms with Gasteiger partial charge in [0.25, 0.3) is 0 Å². The van der Waals surface area contributed by atoms with Gasteiger partial charge in [0.2, 0.25) is 0 Å². The lowest BCUT2D eigenvalue weighted by atomic mass is 10.1. The van der Waals surface area contributed by atoms with Gasteiger partial charge in [0.1, 0.15) is 0 Å². The third-order valence-corrected chi connectivity index (χ3v) is 4.44. The number of amides is 2. The molecule has 1 fully saturated rings. The van der Waals surface area contributed by atoms with Crippen LogP contribution in [-0.4, -0.2) is 33.8 Å². The van der Waals surface area contributed by atoms with Gasteiger partial charge in [0.15, 0.2) is 0 Å². The first-order chi connectivity index (χ1) is 11.3. The summed E-state index contributed by atoms with van der Waals surface area (Å²) in [7, 11) is 0. The molecule has 122 valence electrons. The Kier molecular flexibility index (Phi) is 4.95. The minimum absolute atomic E-state index is 0.0345. The molecule has 3 rings (SSSR count). The fourth-order valence-electron chi connectivity index (χ4n) is 3.27. The summed E-state index contributed by atoms with van der Waals surface area (Å²) in [5, 5.41) is 7.39. The fourth-order valence-corrected chi connectivity index (χ4v) is 3.27. The quantitative estimate of drug-likeness (QED) is 0.922. The van der Waals surface area contributed by atoms with Crippen molar-refractivity contribution in [1.29, 1.82) is 0 Å². The van der Waals surface area contributed by atoms with Gasteiger partial charge >= 0.3 is 6.03 Å². The normalized spacial score (nSPS) is 17.4. The molecule has 0 unspecified atom stereocenters. The van der Waals surface area contributed by atoms with Crippen LogP contribution in [-0.2, 0) is 13.0 Å². The smallest absolute Gasteiger partial charge is 0.317 e. The largest absolute Gasteiger partial charge is 0.338 e. The van der Waals surface area contributed by atoms with E-state index in [1.165, 1.54) is 5.56 Å². The second kappa shape index (κ2) is 7.31. The van der Waals surface area contributed by atoms with Crippen molar-refractivity contribution in [2.45, 2.75) is 38.8 Å². The molecule has 2 aromatic rings. The predicted molar refractivity (Wildman–Crippen MR) is 90.1 cm³/mol. The summed E-state index contributed by atoms with van der Waals surface area (Å²) in [5.41, 5.74) is 2.39. The molecule has 5 nitrogen and oxygen atoms in total. The van der Waals surface area contributed by atoms with E-state index in [-0.39, 0.29) is 12.1 Å². The first-order valence-corrected chi connectivity index (χ1v) is 8.39. The summed E-state index contributed by atoms with van der Waals surface area (Å²) >= 11 is 0. The number of hydrogen-bond acceptors (Lipinski definition) is 2. The molecule has 1 aliphatic rings. The zero-order valence-corrected chi connectivity index (χ0v) is 13.6. The van der Waals surface area contributed by atoms with Crippen molar-refractivity contribution in [2.24, 2.45) is 0 Å². The van der Waals surface area contributed by atoms with Gasteiger partial charge in [-0.2, -0.15) is 5.10 Å². The summed E-state index contributed by atoms with van der Waals surface area (Å²) < 4.78 is 1.99. The number of nitrogens with zero attached hydrogens (tertiary/aromatic N) is 3. The minimum atomic E-state index is 0.0345. The van der Waals surface area contributed by atoms with Crippen LogP contribution in [0.2, 0.25) is 0 Å². The Morgan fingerprint density at radius 3 is 2.91 bits per heavy atom. The summed E-state index contributed by atoms with van der Waals surface area (Å²) in [6.45, 7) is 4.40. The highest BCUT2D eigenvalue weighted by Crippen LogP contribution is 2.31. The second-order valence-electron chi connectivity index (χ2n) is 5.89. The van der Waals surface area contributed by atoms with Crippen LogP contribution in [0, 0.1) is 0 Å². The van der Waals surface area contributed by atoms with E-state index in [4.69, 9.17) is 0 Å². The molecular weight excluding hydrogens is 288 g/mol. The molecule has 1 aliphatic heterocycles. The lowest BCUT2D eigenvalue weighted by Gasteiger charge is -2.25. The Hall–Kier alpha value is -2.30. The Bertz CT molecular complexity index is 637. The molecule has 1 atom stereocenters. The number of urea groups is 1. The molecular formula is C18H24N4O. The van der Waals surface area contributed by atoms with E-state index < -0.39 is 0 Å². The van der Waals surface area contributed by atoms with E-state index in [1.54, 1.807) is 0 Å². The molecule has 0 saturated carbocycles. The van der Waals surface area contributed by atoms with E-state index in [9.17, 15) is 4.79 Å². The third-order valence-electron chi connectivity index (χ3n) is 4.44. The molecule has 0 radical (unpaired) electrons. The van der Waals surface area contributed by atoms with E-state index >= 15 is 0 Å². The number of benzene rings is 1. The highest BCUT2D eigenvalue weighted by molar-refractivity contribution is 5.75. The Labute approximate surface area is 137 Å². The zero-order valence-electron chi connectivity index (χ0n) is 13.6. The molecule has 2 amide bonds. The van der Waals surface area contributed by atoms with Gasteiger partial charge in [-0.3, -0.25) is 4.68 Å². The number of likely N-dealkylation sites (tertiary alicyclic amines) is 1. The average molecular weight is 312 g/mol. The molecule has 1 N–H and O–H groups in total. The molecule has 0 bridgehead atoms. The van der Waals surface area contributed by atoms with Crippen molar-refractivity contribution < 1.29 is 4.79 Å². The van der Waals surface area contributed by atoms with E-state index in [1.807, 2.05) is 40.0 Å². The van der Waals surface area contributed by atoms with Crippen LogP contribution in [0.5, 0.6) is 0 Å². The fraction of sp³-hybridized carbons (Fsp3) is 0.444. The summed E-state index contributed by atoms with van der Waals surface area (Å²) in [5.74, 6) is 0. The summed E-state index contributed by atoms with van der Waals surface area (Å²) in [4.78, 5) is 14.5. The Morgan fingerprint density at radius 1 is 1.30 bits per heavy atom. The standard InChI is InChI=1S/C18H24N4O/c1-2-22-17(11-13-20-22)16-9-6-14-21(16)18(23)19-12-10-15-7-4-3-5-8-15/h3-5,7-8,11,13,16H,2,6,9-10,12,14H2,1H3,(H,19,23)/t16-/m1/s1. The maximum Gasteiger partial charge on any atom is 0.317 e. The summed E-state index contributed by atoms with van der Waals surface area (Å²) in [6, 6.07) is 12.5. The maximum atomic E-state index is 12.5. The van der Waals surface area contributed by atoms with Gasteiger partial charge in [-0.1, -0.05) is 30.3 Å². The lowest BCUT2D eigenvalue weighted by Crippen LogP contribution is -2.40. The monoisotopic (exact) mass is 312 g/mol. The van der Waals surface area contributed by atoms with Gasteiger partial charge < -0.3 is 10.2 Å². The van der Waals surface area contributed by atoms with Gasteiger partial charge in [-0.25, -0.2) is 4.79 Å². The molecule has 1 aromatic carbocycles. The number of aromatic nitrogens is 2. The van der Waals surface area contributed by atoms with Crippen molar-refractivity contribution in [3.63, 3.8) is 0 Å². The van der Waals surface area contributed by atoms with E-state index in [0.717, 1.165) is 38.0 Å². The predicted octanol–water partition coefficient (Wildman–Crippen LogP) is 2.99. The zero-order chi connectivity index (χ0) is 16.1. The third kappa shape index (κ3) is 3.55. The molecule has 2 heterocycles.